The number of hydrogen-bond acceptors (Lipinski definition) is 5. The van der Waals surface area contributed by atoms with E-state index in [-0.39, 0.29) is 17.9 Å². The Labute approximate surface area is 188 Å². The van der Waals surface area contributed by atoms with Crippen LogP contribution in [-0.4, -0.2) is 77.7 Å². The molecule has 2 unspecified atom stereocenters. The molecular weight excluding hydrogens is 406 g/mol. The minimum Gasteiger partial charge on any atom is -0.497 e. The van der Waals surface area contributed by atoms with Gasteiger partial charge in [-0.15, -0.1) is 0 Å². The number of hydrogen-bond donors (Lipinski definition) is 2. The quantitative estimate of drug-likeness (QED) is 0.746. The van der Waals surface area contributed by atoms with Crippen LogP contribution in [0.3, 0.4) is 0 Å². The minimum absolute atomic E-state index is 0.135. The van der Waals surface area contributed by atoms with Gasteiger partial charge >= 0.3 is 0 Å². The van der Waals surface area contributed by atoms with Crippen LogP contribution in [0, 0.1) is 17.8 Å². The summed E-state index contributed by atoms with van der Waals surface area (Å²) in [6, 6.07) is 5.69. The number of H-pyrrole nitrogens is 1. The summed E-state index contributed by atoms with van der Waals surface area (Å²) in [7, 11) is 1.61. The Balaban J connectivity index is 1.14. The molecule has 3 aliphatic rings. The Morgan fingerprint density at radius 3 is 2.59 bits per heavy atom. The molecule has 1 saturated carbocycles. The molecule has 2 saturated heterocycles. The number of benzene rings is 1. The number of piperidine rings is 1. The van der Waals surface area contributed by atoms with Crippen molar-refractivity contribution in [1.82, 2.24) is 25.3 Å². The van der Waals surface area contributed by atoms with E-state index in [1.165, 1.54) is 12.8 Å². The molecule has 3 fully saturated rings. The van der Waals surface area contributed by atoms with Gasteiger partial charge in [0, 0.05) is 24.5 Å². The van der Waals surface area contributed by atoms with E-state index >= 15 is 0 Å². The van der Waals surface area contributed by atoms with Gasteiger partial charge in [0.1, 0.15) is 5.75 Å². The third-order valence-electron chi connectivity index (χ3n) is 7.66. The fraction of sp³-hybridized carbons (Fsp3) is 0.625. The summed E-state index contributed by atoms with van der Waals surface area (Å²) >= 11 is 0. The van der Waals surface area contributed by atoms with Gasteiger partial charge in [0.25, 0.3) is 5.91 Å². The molecule has 1 aromatic carbocycles. The molecule has 2 aromatic rings. The van der Waals surface area contributed by atoms with Crippen LogP contribution in [0.5, 0.6) is 5.75 Å². The normalized spacial score (nSPS) is 26.4. The molecule has 8 nitrogen and oxygen atoms in total. The molecule has 1 aromatic heterocycles. The monoisotopic (exact) mass is 439 g/mol. The number of ether oxygens (including phenoxy) is 1. The highest BCUT2D eigenvalue weighted by atomic mass is 16.5. The van der Waals surface area contributed by atoms with Gasteiger partial charge in [0.05, 0.1) is 19.2 Å². The second-order valence-electron chi connectivity index (χ2n) is 9.90. The van der Waals surface area contributed by atoms with E-state index in [1.54, 1.807) is 7.11 Å². The van der Waals surface area contributed by atoms with E-state index in [9.17, 15) is 9.59 Å². The average Bonchev–Trinajstić information content (AvgIpc) is 3.47. The van der Waals surface area contributed by atoms with Gasteiger partial charge in [-0.25, -0.2) is 0 Å². The Morgan fingerprint density at radius 2 is 1.91 bits per heavy atom. The molecule has 172 valence electrons. The van der Waals surface area contributed by atoms with Crippen LogP contribution >= 0.6 is 0 Å². The maximum atomic E-state index is 12.9. The lowest BCUT2D eigenvalue weighted by molar-refractivity contribution is -0.132. The number of nitrogens with zero attached hydrogens (tertiary/aromatic N) is 3. The summed E-state index contributed by atoms with van der Waals surface area (Å²) < 4.78 is 5.28. The molecule has 0 bridgehead atoms. The van der Waals surface area contributed by atoms with Crippen molar-refractivity contribution in [2.24, 2.45) is 17.8 Å². The fourth-order valence-corrected chi connectivity index (χ4v) is 5.68. The van der Waals surface area contributed by atoms with Crippen LogP contribution in [0.25, 0.3) is 10.9 Å². The molecule has 8 heteroatoms. The fourth-order valence-electron chi connectivity index (χ4n) is 5.68. The Morgan fingerprint density at radius 1 is 1.19 bits per heavy atom. The van der Waals surface area contributed by atoms with Gasteiger partial charge < -0.3 is 15.0 Å². The van der Waals surface area contributed by atoms with E-state index in [0.717, 1.165) is 55.8 Å². The molecule has 2 amide bonds. The third kappa shape index (κ3) is 4.20. The van der Waals surface area contributed by atoms with Gasteiger partial charge in [0.15, 0.2) is 5.69 Å². The van der Waals surface area contributed by atoms with Crippen LogP contribution in [0.15, 0.2) is 18.2 Å². The number of methoxy groups -OCH3 is 1. The van der Waals surface area contributed by atoms with Crippen molar-refractivity contribution in [3.8, 4) is 5.75 Å². The lowest BCUT2D eigenvalue weighted by Gasteiger charge is -2.31. The van der Waals surface area contributed by atoms with E-state index in [2.05, 4.69) is 32.2 Å². The van der Waals surface area contributed by atoms with Crippen LogP contribution in [0.2, 0.25) is 0 Å². The maximum absolute atomic E-state index is 12.9. The lowest BCUT2D eigenvalue weighted by Crippen LogP contribution is -2.43. The number of nitrogens with one attached hydrogen (secondary N) is 2. The molecule has 2 aliphatic heterocycles. The van der Waals surface area contributed by atoms with Crippen LogP contribution < -0.4 is 10.1 Å². The summed E-state index contributed by atoms with van der Waals surface area (Å²) in [4.78, 5) is 30.1. The van der Waals surface area contributed by atoms with Crippen molar-refractivity contribution in [2.45, 2.75) is 38.6 Å². The molecule has 32 heavy (non-hydrogen) atoms. The van der Waals surface area contributed by atoms with Crippen molar-refractivity contribution >= 4 is 22.7 Å². The summed E-state index contributed by atoms with van der Waals surface area (Å²) in [5.41, 5.74) is 1.22. The van der Waals surface area contributed by atoms with Gasteiger partial charge in [-0.05, 0) is 74.7 Å². The number of rotatable bonds is 5. The number of aromatic nitrogens is 2. The number of fused-ring (bicyclic) bond motifs is 2. The standard InChI is InChI=1S/C24H33N5O3/c1-15-5-7-28(8-6-15)14-22(30)29-12-16-9-18(10-17(16)13-29)25-24(31)23-20-11-19(32-2)3-4-21(20)26-27-23/h3-4,11,15-18H,5-10,12-14H2,1-2H3,(H,25,31)(H,26,27). The van der Waals surface area contributed by atoms with Gasteiger partial charge in [-0.1, -0.05) is 6.92 Å². The average molecular weight is 440 g/mol. The zero-order valence-electron chi connectivity index (χ0n) is 19.0. The number of carbonyl (C=O) groups excluding carboxylic acids is 2. The van der Waals surface area contributed by atoms with Crippen LogP contribution in [-0.2, 0) is 4.79 Å². The van der Waals surface area contributed by atoms with E-state index in [1.807, 2.05) is 18.2 Å². The van der Waals surface area contributed by atoms with Crippen LogP contribution in [0.4, 0.5) is 0 Å². The molecule has 2 N–H and O–H groups in total. The zero-order valence-corrected chi connectivity index (χ0v) is 19.0. The van der Waals surface area contributed by atoms with Crippen molar-refractivity contribution in [3.05, 3.63) is 23.9 Å². The summed E-state index contributed by atoms with van der Waals surface area (Å²) in [6.45, 7) is 6.57. The summed E-state index contributed by atoms with van der Waals surface area (Å²) in [6.07, 6.45) is 4.23. The lowest BCUT2D eigenvalue weighted by atomic mass is 9.99. The van der Waals surface area contributed by atoms with E-state index < -0.39 is 0 Å². The highest BCUT2D eigenvalue weighted by Gasteiger charge is 2.43. The first-order valence-corrected chi connectivity index (χ1v) is 11.8. The predicted octanol–water partition coefficient (Wildman–Crippen LogP) is 2.27. The summed E-state index contributed by atoms with van der Waals surface area (Å²) in [5, 5.41) is 11.1. The Hall–Kier alpha value is -2.61. The molecule has 2 atom stereocenters. The number of aromatic amines is 1. The number of likely N-dealkylation sites (tertiary alicyclic amines) is 2. The Kier molecular flexibility index (Phi) is 5.80. The van der Waals surface area contributed by atoms with Gasteiger partial charge in [0.2, 0.25) is 5.91 Å². The summed E-state index contributed by atoms with van der Waals surface area (Å²) in [5.74, 6) is 2.55. The zero-order chi connectivity index (χ0) is 22.2. The van der Waals surface area contributed by atoms with Crippen molar-refractivity contribution in [3.63, 3.8) is 0 Å². The maximum Gasteiger partial charge on any atom is 0.272 e. The number of amides is 2. The smallest absolute Gasteiger partial charge is 0.272 e. The van der Waals surface area contributed by atoms with Gasteiger partial charge in [-0.3, -0.25) is 19.6 Å². The molecule has 1 aliphatic carbocycles. The van der Waals surface area contributed by atoms with Gasteiger partial charge in [-0.2, -0.15) is 5.10 Å². The van der Waals surface area contributed by atoms with E-state index in [4.69, 9.17) is 4.74 Å². The first-order valence-electron chi connectivity index (χ1n) is 11.8. The Bertz CT molecular complexity index is 983. The molecular formula is C24H33N5O3. The predicted molar refractivity (Wildman–Crippen MR) is 122 cm³/mol. The first kappa shape index (κ1) is 21.2. The van der Waals surface area contributed by atoms with Crippen molar-refractivity contribution < 1.29 is 14.3 Å². The molecule has 5 rings (SSSR count). The molecule has 0 spiro atoms. The van der Waals surface area contributed by atoms with E-state index in [0.29, 0.717) is 29.8 Å². The third-order valence-corrected chi connectivity index (χ3v) is 7.66. The van der Waals surface area contributed by atoms with Crippen molar-refractivity contribution in [1.29, 1.82) is 0 Å². The second kappa shape index (κ2) is 8.73. The largest absolute Gasteiger partial charge is 0.497 e. The van der Waals surface area contributed by atoms with Crippen molar-refractivity contribution in [2.75, 3.05) is 39.8 Å². The molecule has 0 radical (unpaired) electrons. The first-order chi connectivity index (χ1) is 15.5. The second-order valence-corrected chi connectivity index (χ2v) is 9.90. The molecule has 3 heterocycles. The number of carbonyl (C=O) groups is 2. The van der Waals surface area contributed by atoms with Crippen LogP contribution in [0.1, 0.15) is 43.1 Å². The topological polar surface area (TPSA) is 90.6 Å². The SMILES string of the molecule is COc1ccc2[nH]nc(C(=O)NC3CC4CN(C(=O)CN5CCC(C)CC5)CC4C3)c2c1. The minimum atomic E-state index is -0.151. The highest BCUT2D eigenvalue weighted by molar-refractivity contribution is 6.05. The highest BCUT2D eigenvalue weighted by Crippen LogP contribution is 2.38.